The highest BCUT2D eigenvalue weighted by Crippen LogP contribution is 2.38. The Morgan fingerprint density at radius 2 is 1.32 bits per heavy atom. The van der Waals surface area contributed by atoms with E-state index in [9.17, 15) is 0 Å². The fraction of sp³-hybridized carbons (Fsp3) is 0.520. The third-order valence-corrected chi connectivity index (χ3v) is 6.08. The summed E-state index contributed by atoms with van der Waals surface area (Å²) in [5.41, 5.74) is 5.55. The highest BCUT2D eigenvalue weighted by atomic mass is 14.3. The minimum atomic E-state index is 0.791. The lowest BCUT2D eigenvalue weighted by molar-refractivity contribution is 0.302. The normalized spacial score (nSPS) is 20.6. The molecular formula is C25H34. The largest absolute Gasteiger partial charge is 0.0654 e. The minimum Gasteiger partial charge on any atom is -0.0654 e. The molecule has 0 saturated heterocycles. The molecule has 1 aliphatic carbocycles. The number of hydrogen-bond donors (Lipinski definition) is 0. The van der Waals surface area contributed by atoms with Crippen molar-refractivity contribution in [3.63, 3.8) is 0 Å². The van der Waals surface area contributed by atoms with Crippen molar-refractivity contribution in [2.24, 2.45) is 5.92 Å². The average Bonchev–Trinajstić information content (AvgIpc) is 2.67. The summed E-state index contributed by atoms with van der Waals surface area (Å²) in [5, 5.41) is 0. The van der Waals surface area contributed by atoms with E-state index in [4.69, 9.17) is 0 Å². The first-order valence-corrected chi connectivity index (χ1v) is 10.4. The first kappa shape index (κ1) is 18.2. The van der Waals surface area contributed by atoms with Gasteiger partial charge in [0.2, 0.25) is 0 Å². The maximum Gasteiger partial charge on any atom is -0.0162 e. The van der Waals surface area contributed by atoms with Crippen LogP contribution >= 0.6 is 0 Å². The second kappa shape index (κ2) is 9.22. The lowest BCUT2D eigenvalue weighted by Gasteiger charge is -2.29. The van der Waals surface area contributed by atoms with Crippen molar-refractivity contribution in [3.05, 3.63) is 59.7 Å². The number of hydrogen-bond acceptors (Lipinski definition) is 0. The summed E-state index contributed by atoms with van der Waals surface area (Å²) in [6, 6.07) is 18.2. The maximum atomic E-state index is 2.38. The molecular weight excluding hydrogens is 300 g/mol. The molecule has 25 heavy (non-hydrogen) atoms. The van der Waals surface area contributed by atoms with Crippen molar-refractivity contribution in [2.75, 3.05) is 0 Å². The fourth-order valence-electron chi connectivity index (χ4n) is 4.34. The average molecular weight is 335 g/mol. The fourth-order valence-corrected chi connectivity index (χ4v) is 4.34. The Hall–Kier alpha value is -1.56. The topological polar surface area (TPSA) is 0 Å². The summed E-state index contributed by atoms with van der Waals surface area (Å²) in [7, 11) is 0. The molecule has 2 aromatic rings. The van der Waals surface area contributed by atoms with E-state index < -0.39 is 0 Å². The molecule has 3 rings (SSSR count). The van der Waals surface area contributed by atoms with Crippen molar-refractivity contribution in [2.45, 2.75) is 77.6 Å². The van der Waals surface area contributed by atoms with Crippen LogP contribution in [0, 0.1) is 12.8 Å². The van der Waals surface area contributed by atoms with Gasteiger partial charge >= 0.3 is 0 Å². The first-order chi connectivity index (χ1) is 12.3. The Kier molecular flexibility index (Phi) is 6.73. The van der Waals surface area contributed by atoms with Crippen molar-refractivity contribution in [1.82, 2.24) is 0 Å². The summed E-state index contributed by atoms with van der Waals surface area (Å²) in [4.78, 5) is 0. The first-order valence-electron chi connectivity index (χ1n) is 10.4. The van der Waals surface area contributed by atoms with Crippen LogP contribution in [0.25, 0.3) is 11.1 Å². The van der Waals surface area contributed by atoms with E-state index in [0.29, 0.717) is 0 Å². The molecule has 0 unspecified atom stereocenters. The van der Waals surface area contributed by atoms with E-state index in [-0.39, 0.29) is 0 Å². The monoisotopic (exact) mass is 334 g/mol. The lowest BCUT2D eigenvalue weighted by atomic mass is 9.77. The van der Waals surface area contributed by atoms with E-state index in [1.54, 1.807) is 5.56 Å². The number of aryl methyl sites for hydroxylation is 1. The van der Waals surface area contributed by atoms with Crippen LogP contribution in [0.3, 0.4) is 0 Å². The number of benzene rings is 2. The van der Waals surface area contributed by atoms with Crippen molar-refractivity contribution < 1.29 is 0 Å². The van der Waals surface area contributed by atoms with E-state index in [2.05, 4.69) is 62.4 Å². The Morgan fingerprint density at radius 1 is 0.720 bits per heavy atom. The van der Waals surface area contributed by atoms with Crippen molar-refractivity contribution >= 4 is 0 Å². The molecule has 0 atom stereocenters. The molecule has 0 spiro atoms. The maximum absolute atomic E-state index is 2.38. The standard InChI is InChI=1S/C25H34/c1-3-4-5-6-7-21-10-14-23(15-11-21)25-18-16-24(17-19-25)22-12-8-20(2)9-13-22/h8-9,12-13,16-19,21,23H,3-7,10-11,14-15H2,1-2H3. The van der Waals surface area contributed by atoms with Crippen molar-refractivity contribution in [3.8, 4) is 11.1 Å². The van der Waals surface area contributed by atoms with Crippen LogP contribution in [-0.2, 0) is 0 Å². The molecule has 0 radical (unpaired) electrons. The van der Waals surface area contributed by atoms with Gasteiger partial charge in [0.15, 0.2) is 0 Å². The third kappa shape index (κ3) is 5.21. The predicted molar refractivity (Wildman–Crippen MR) is 110 cm³/mol. The minimum absolute atomic E-state index is 0.791. The SMILES string of the molecule is CCCCCCC1CCC(c2ccc(-c3ccc(C)cc3)cc2)CC1. The molecule has 0 aliphatic heterocycles. The van der Waals surface area contributed by atoms with E-state index in [1.807, 2.05) is 0 Å². The summed E-state index contributed by atoms with van der Waals surface area (Å²) in [5.74, 6) is 1.79. The Balaban J connectivity index is 1.51. The highest BCUT2D eigenvalue weighted by molar-refractivity contribution is 5.64. The van der Waals surface area contributed by atoms with Gasteiger partial charge in [0.05, 0.1) is 0 Å². The Morgan fingerprint density at radius 3 is 1.92 bits per heavy atom. The zero-order chi connectivity index (χ0) is 17.5. The second-order valence-electron chi connectivity index (χ2n) is 8.06. The molecule has 0 N–H and O–H groups in total. The molecule has 2 aromatic carbocycles. The van der Waals surface area contributed by atoms with Crippen LogP contribution < -0.4 is 0 Å². The van der Waals surface area contributed by atoms with Crippen molar-refractivity contribution in [1.29, 1.82) is 0 Å². The Labute approximate surface area is 154 Å². The van der Waals surface area contributed by atoms with Crippen LogP contribution in [0.1, 0.15) is 81.8 Å². The highest BCUT2D eigenvalue weighted by Gasteiger charge is 2.21. The van der Waals surface area contributed by atoms with E-state index in [1.165, 1.54) is 74.5 Å². The van der Waals surface area contributed by atoms with Crippen LogP contribution in [0.5, 0.6) is 0 Å². The second-order valence-corrected chi connectivity index (χ2v) is 8.06. The molecule has 0 nitrogen and oxygen atoms in total. The number of unbranched alkanes of at least 4 members (excludes halogenated alkanes) is 3. The summed E-state index contributed by atoms with van der Waals surface area (Å²) < 4.78 is 0. The third-order valence-electron chi connectivity index (χ3n) is 6.08. The molecule has 1 aliphatic rings. The number of rotatable bonds is 7. The Bertz CT molecular complexity index is 612. The summed E-state index contributed by atoms with van der Waals surface area (Å²) >= 11 is 0. The van der Waals surface area contributed by atoms with E-state index >= 15 is 0 Å². The van der Waals surface area contributed by atoms with Gasteiger partial charge in [-0.2, -0.15) is 0 Å². The van der Waals surface area contributed by atoms with Crippen LogP contribution in [0.4, 0.5) is 0 Å². The lowest BCUT2D eigenvalue weighted by Crippen LogP contribution is -2.13. The predicted octanol–water partition coefficient (Wildman–Crippen LogP) is 7.91. The van der Waals surface area contributed by atoms with Crippen LogP contribution in [0.15, 0.2) is 48.5 Å². The van der Waals surface area contributed by atoms with Gasteiger partial charge in [-0.05, 0) is 61.1 Å². The van der Waals surface area contributed by atoms with Crippen LogP contribution in [0.2, 0.25) is 0 Å². The molecule has 0 aromatic heterocycles. The summed E-state index contributed by atoms with van der Waals surface area (Å²) in [6.45, 7) is 4.45. The van der Waals surface area contributed by atoms with Gasteiger partial charge in [0, 0.05) is 0 Å². The molecule has 0 heteroatoms. The smallest absolute Gasteiger partial charge is 0.0162 e. The molecule has 0 bridgehead atoms. The van der Waals surface area contributed by atoms with Gasteiger partial charge in [-0.1, -0.05) is 93.1 Å². The summed E-state index contributed by atoms with van der Waals surface area (Å²) in [6.07, 6.45) is 12.8. The van der Waals surface area contributed by atoms with Gasteiger partial charge in [-0.3, -0.25) is 0 Å². The van der Waals surface area contributed by atoms with Gasteiger partial charge < -0.3 is 0 Å². The molecule has 134 valence electrons. The van der Waals surface area contributed by atoms with E-state index in [0.717, 1.165) is 11.8 Å². The molecule has 0 heterocycles. The zero-order valence-corrected chi connectivity index (χ0v) is 16.1. The van der Waals surface area contributed by atoms with Gasteiger partial charge in [0.1, 0.15) is 0 Å². The van der Waals surface area contributed by atoms with Gasteiger partial charge in [0.25, 0.3) is 0 Å². The zero-order valence-electron chi connectivity index (χ0n) is 16.1. The van der Waals surface area contributed by atoms with Gasteiger partial charge in [-0.15, -0.1) is 0 Å². The van der Waals surface area contributed by atoms with Crippen LogP contribution in [-0.4, -0.2) is 0 Å². The molecule has 1 fully saturated rings. The van der Waals surface area contributed by atoms with Gasteiger partial charge in [-0.25, -0.2) is 0 Å². The molecule has 0 amide bonds. The molecule has 1 saturated carbocycles. The quantitative estimate of drug-likeness (QED) is 0.451.